The SMILES string of the molecule is O=C(CCc1nc(-c2cccs2)no1)NC1CCC(C(=O)O)CC1. The topological polar surface area (TPSA) is 105 Å². The number of hydrogen-bond acceptors (Lipinski definition) is 6. The number of hydrogen-bond donors (Lipinski definition) is 2. The molecule has 1 saturated carbocycles. The van der Waals surface area contributed by atoms with E-state index in [0.29, 0.717) is 43.8 Å². The molecule has 0 bridgehead atoms. The van der Waals surface area contributed by atoms with Crippen LogP contribution in [0.4, 0.5) is 0 Å². The smallest absolute Gasteiger partial charge is 0.306 e. The first-order valence-electron chi connectivity index (χ1n) is 8.00. The molecule has 7 nitrogen and oxygen atoms in total. The Balaban J connectivity index is 1.42. The van der Waals surface area contributed by atoms with Crippen molar-refractivity contribution in [2.45, 2.75) is 44.6 Å². The normalized spacial score (nSPS) is 20.7. The zero-order valence-corrected chi connectivity index (χ0v) is 13.9. The van der Waals surface area contributed by atoms with E-state index in [9.17, 15) is 9.59 Å². The predicted octanol–water partition coefficient (Wildman–Crippen LogP) is 2.49. The van der Waals surface area contributed by atoms with Crippen molar-refractivity contribution in [1.82, 2.24) is 15.5 Å². The quantitative estimate of drug-likeness (QED) is 0.830. The molecule has 2 aromatic heterocycles. The minimum absolute atomic E-state index is 0.0651. The van der Waals surface area contributed by atoms with E-state index in [2.05, 4.69) is 15.5 Å². The maximum atomic E-state index is 12.0. The lowest BCUT2D eigenvalue weighted by molar-refractivity contribution is -0.142. The number of nitrogens with one attached hydrogen (secondary N) is 1. The molecular formula is C16H19N3O4S. The van der Waals surface area contributed by atoms with Gasteiger partial charge < -0.3 is 14.9 Å². The molecule has 8 heteroatoms. The van der Waals surface area contributed by atoms with Crippen LogP contribution in [0.25, 0.3) is 10.7 Å². The van der Waals surface area contributed by atoms with Crippen LogP contribution < -0.4 is 5.32 Å². The standard InChI is InChI=1S/C16H19N3O4S/c20-13(17-11-5-3-10(4-6-11)16(21)22)7-8-14-18-15(19-23-14)12-2-1-9-24-12/h1-2,9-11H,3-8H2,(H,17,20)(H,21,22). The van der Waals surface area contributed by atoms with Crippen molar-refractivity contribution >= 4 is 23.2 Å². The van der Waals surface area contributed by atoms with Crippen LogP contribution in [0.3, 0.4) is 0 Å². The van der Waals surface area contributed by atoms with Crippen molar-refractivity contribution in [3.05, 3.63) is 23.4 Å². The van der Waals surface area contributed by atoms with Gasteiger partial charge in [-0.2, -0.15) is 4.98 Å². The summed E-state index contributed by atoms with van der Waals surface area (Å²) >= 11 is 1.53. The molecule has 2 aromatic rings. The number of carboxylic acid groups (broad SMARTS) is 1. The number of aromatic nitrogens is 2. The summed E-state index contributed by atoms with van der Waals surface area (Å²) in [6, 6.07) is 3.90. The van der Waals surface area contributed by atoms with E-state index in [1.807, 2.05) is 17.5 Å². The Morgan fingerprint density at radius 2 is 2.12 bits per heavy atom. The molecule has 0 atom stereocenters. The molecule has 2 heterocycles. The van der Waals surface area contributed by atoms with Gasteiger partial charge in [0, 0.05) is 18.9 Å². The van der Waals surface area contributed by atoms with E-state index in [1.165, 1.54) is 11.3 Å². The zero-order chi connectivity index (χ0) is 16.9. The van der Waals surface area contributed by atoms with Crippen LogP contribution in [0.1, 0.15) is 38.0 Å². The molecule has 3 rings (SSSR count). The van der Waals surface area contributed by atoms with Gasteiger partial charge in [0.1, 0.15) is 0 Å². The Hall–Kier alpha value is -2.22. The fraction of sp³-hybridized carbons (Fsp3) is 0.500. The van der Waals surface area contributed by atoms with Crippen LogP contribution in [0.15, 0.2) is 22.0 Å². The lowest BCUT2D eigenvalue weighted by Crippen LogP contribution is -2.38. The van der Waals surface area contributed by atoms with Crippen molar-refractivity contribution < 1.29 is 19.2 Å². The second kappa shape index (κ2) is 7.57. The van der Waals surface area contributed by atoms with Gasteiger partial charge in [0.15, 0.2) is 0 Å². The Morgan fingerprint density at radius 3 is 2.79 bits per heavy atom. The van der Waals surface area contributed by atoms with Crippen LogP contribution in [0, 0.1) is 5.92 Å². The molecule has 0 saturated heterocycles. The number of aryl methyl sites for hydroxylation is 1. The van der Waals surface area contributed by atoms with E-state index in [4.69, 9.17) is 9.63 Å². The maximum Gasteiger partial charge on any atom is 0.306 e. The molecule has 0 aromatic carbocycles. The summed E-state index contributed by atoms with van der Waals surface area (Å²) in [5.41, 5.74) is 0. The average Bonchev–Trinajstić information content (AvgIpc) is 3.25. The fourth-order valence-corrected chi connectivity index (χ4v) is 3.52. The van der Waals surface area contributed by atoms with Crippen LogP contribution in [0.5, 0.6) is 0 Å². The molecule has 1 fully saturated rings. The Kier molecular flexibility index (Phi) is 5.24. The van der Waals surface area contributed by atoms with Crippen molar-refractivity contribution in [1.29, 1.82) is 0 Å². The number of aliphatic carboxylic acids is 1. The summed E-state index contributed by atoms with van der Waals surface area (Å²) in [5, 5.41) is 17.8. The molecule has 0 spiro atoms. The molecule has 2 N–H and O–H groups in total. The van der Waals surface area contributed by atoms with Crippen molar-refractivity contribution in [2.24, 2.45) is 5.92 Å². The van der Waals surface area contributed by atoms with Crippen molar-refractivity contribution in [3.8, 4) is 10.7 Å². The zero-order valence-electron chi connectivity index (χ0n) is 13.1. The third-order valence-corrected chi connectivity index (χ3v) is 5.08. The molecule has 0 radical (unpaired) electrons. The molecule has 1 aliphatic carbocycles. The second-order valence-electron chi connectivity index (χ2n) is 5.94. The van der Waals surface area contributed by atoms with Gasteiger partial charge in [-0.25, -0.2) is 0 Å². The third kappa shape index (κ3) is 4.19. The van der Waals surface area contributed by atoms with Gasteiger partial charge in [0.25, 0.3) is 0 Å². The summed E-state index contributed by atoms with van der Waals surface area (Å²) in [6.45, 7) is 0. The molecule has 0 unspecified atom stereocenters. The molecule has 128 valence electrons. The molecule has 24 heavy (non-hydrogen) atoms. The monoisotopic (exact) mass is 349 g/mol. The second-order valence-corrected chi connectivity index (χ2v) is 6.89. The maximum absolute atomic E-state index is 12.0. The minimum atomic E-state index is -0.738. The summed E-state index contributed by atoms with van der Waals surface area (Å²) in [7, 11) is 0. The molecule has 1 aliphatic rings. The largest absolute Gasteiger partial charge is 0.481 e. The molecular weight excluding hydrogens is 330 g/mol. The number of nitrogens with zero attached hydrogens (tertiary/aromatic N) is 2. The van der Waals surface area contributed by atoms with Gasteiger partial charge in [0.05, 0.1) is 10.8 Å². The van der Waals surface area contributed by atoms with Gasteiger partial charge in [-0.15, -0.1) is 11.3 Å². The van der Waals surface area contributed by atoms with Gasteiger partial charge in [-0.05, 0) is 37.1 Å². The number of rotatable bonds is 6. The Labute approximate surface area is 143 Å². The summed E-state index contributed by atoms with van der Waals surface area (Å²) in [5.74, 6) is -0.0786. The van der Waals surface area contributed by atoms with Gasteiger partial charge in [-0.1, -0.05) is 11.2 Å². The Morgan fingerprint density at radius 1 is 1.33 bits per heavy atom. The first-order valence-corrected chi connectivity index (χ1v) is 8.88. The first-order chi connectivity index (χ1) is 11.6. The number of carbonyl (C=O) groups is 2. The average molecular weight is 349 g/mol. The summed E-state index contributed by atoms with van der Waals surface area (Å²) in [4.78, 5) is 28.2. The number of thiophene rings is 1. The lowest BCUT2D eigenvalue weighted by Gasteiger charge is -2.26. The van der Waals surface area contributed by atoms with E-state index in [0.717, 1.165) is 4.88 Å². The van der Waals surface area contributed by atoms with E-state index >= 15 is 0 Å². The van der Waals surface area contributed by atoms with Crippen LogP contribution in [-0.4, -0.2) is 33.2 Å². The highest BCUT2D eigenvalue weighted by Gasteiger charge is 2.26. The molecule has 1 amide bonds. The first kappa shape index (κ1) is 16.6. The van der Waals surface area contributed by atoms with Crippen LogP contribution in [-0.2, 0) is 16.0 Å². The van der Waals surface area contributed by atoms with Crippen LogP contribution >= 0.6 is 11.3 Å². The lowest BCUT2D eigenvalue weighted by atomic mass is 9.86. The Bertz CT molecular complexity index is 690. The van der Waals surface area contributed by atoms with Crippen molar-refractivity contribution in [3.63, 3.8) is 0 Å². The highest BCUT2D eigenvalue weighted by Crippen LogP contribution is 2.24. The summed E-state index contributed by atoms with van der Waals surface area (Å²) < 4.78 is 5.17. The van der Waals surface area contributed by atoms with Crippen LogP contribution in [0.2, 0.25) is 0 Å². The van der Waals surface area contributed by atoms with Gasteiger partial charge in [0.2, 0.25) is 17.6 Å². The van der Waals surface area contributed by atoms with Crippen molar-refractivity contribution in [2.75, 3.05) is 0 Å². The van der Waals surface area contributed by atoms with E-state index in [-0.39, 0.29) is 24.3 Å². The van der Waals surface area contributed by atoms with E-state index < -0.39 is 5.97 Å². The highest BCUT2D eigenvalue weighted by molar-refractivity contribution is 7.13. The summed E-state index contributed by atoms with van der Waals surface area (Å²) in [6.07, 6.45) is 3.35. The molecule has 0 aliphatic heterocycles. The number of carbonyl (C=O) groups excluding carboxylic acids is 1. The minimum Gasteiger partial charge on any atom is -0.481 e. The van der Waals surface area contributed by atoms with Gasteiger partial charge in [-0.3, -0.25) is 9.59 Å². The van der Waals surface area contributed by atoms with E-state index in [1.54, 1.807) is 0 Å². The predicted molar refractivity (Wildman–Crippen MR) is 87.5 cm³/mol. The third-order valence-electron chi connectivity index (χ3n) is 4.22. The fourth-order valence-electron chi connectivity index (χ4n) is 2.87. The van der Waals surface area contributed by atoms with Gasteiger partial charge >= 0.3 is 5.97 Å². The number of carboxylic acids is 1. The number of amides is 1. The highest BCUT2D eigenvalue weighted by atomic mass is 32.1.